The topological polar surface area (TPSA) is 76.8 Å². The number of nitrogens with zero attached hydrogens (tertiary/aromatic N) is 1. The predicted octanol–water partition coefficient (Wildman–Crippen LogP) is 3.25. The third-order valence-electron chi connectivity index (χ3n) is 5.17. The van der Waals surface area contributed by atoms with E-state index in [-0.39, 0.29) is 30.3 Å². The second kappa shape index (κ2) is 7.31. The van der Waals surface area contributed by atoms with Gasteiger partial charge >= 0.3 is 11.6 Å². The van der Waals surface area contributed by atoms with Crippen LogP contribution in [0.5, 0.6) is 0 Å². The van der Waals surface area contributed by atoms with Crippen LogP contribution < -0.4 is 10.5 Å². The van der Waals surface area contributed by atoms with Gasteiger partial charge in [0.25, 0.3) is 0 Å². The lowest BCUT2D eigenvalue weighted by atomic mass is 9.90. The first-order valence-electron chi connectivity index (χ1n) is 9.04. The SMILES string of the molecule is COC(=O)C[C@H]1[C@H](c2ccccc2)CC(=O)N1c1ccc2oc(=O)ccc2c1. The lowest BCUT2D eigenvalue weighted by Gasteiger charge is -2.28. The van der Waals surface area contributed by atoms with Gasteiger partial charge in [0.1, 0.15) is 5.58 Å². The van der Waals surface area contributed by atoms with Crippen LogP contribution in [-0.2, 0) is 14.3 Å². The van der Waals surface area contributed by atoms with Crippen molar-refractivity contribution in [2.45, 2.75) is 24.8 Å². The zero-order chi connectivity index (χ0) is 19.7. The maximum absolute atomic E-state index is 12.9. The number of anilines is 1. The van der Waals surface area contributed by atoms with Gasteiger partial charge in [-0.1, -0.05) is 30.3 Å². The van der Waals surface area contributed by atoms with E-state index < -0.39 is 5.63 Å². The first kappa shape index (κ1) is 18.0. The molecule has 6 heteroatoms. The minimum atomic E-state index is -0.426. The molecule has 1 aliphatic heterocycles. The second-order valence-electron chi connectivity index (χ2n) is 6.81. The van der Waals surface area contributed by atoms with Gasteiger partial charge in [0.05, 0.1) is 19.6 Å². The maximum Gasteiger partial charge on any atom is 0.336 e. The van der Waals surface area contributed by atoms with E-state index >= 15 is 0 Å². The second-order valence-corrected chi connectivity index (χ2v) is 6.81. The molecule has 0 N–H and O–H groups in total. The van der Waals surface area contributed by atoms with Crippen LogP contribution in [0.15, 0.2) is 69.9 Å². The average Bonchev–Trinajstić information content (AvgIpc) is 3.04. The van der Waals surface area contributed by atoms with E-state index in [9.17, 15) is 14.4 Å². The van der Waals surface area contributed by atoms with Crippen LogP contribution in [0.3, 0.4) is 0 Å². The summed E-state index contributed by atoms with van der Waals surface area (Å²) < 4.78 is 10.0. The van der Waals surface area contributed by atoms with Crippen molar-refractivity contribution < 1.29 is 18.7 Å². The molecule has 3 aromatic rings. The van der Waals surface area contributed by atoms with Crippen molar-refractivity contribution in [2.24, 2.45) is 0 Å². The highest BCUT2D eigenvalue weighted by molar-refractivity contribution is 5.99. The van der Waals surface area contributed by atoms with Crippen molar-refractivity contribution in [3.05, 3.63) is 76.6 Å². The van der Waals surface area contributed by atoms with Crippen LogP contribution in [0.1, 0.15) is 24.3 Å². The van der Waals surface area contributed by atoms with Gasteiger partial charge in [-0.2, -0.15) is 0 Å². The number of ether oxygens (including phenoxy) is 1. The van der Waals surface area contributed by atoms with Crippen molar-refractivity contribution in [1.29, 1.82) is 0 Å². The third kappa shape index (κ3) is 3.29. The Morgan fingerprint density at radius 1 is 1.11 bits per heavy atom. The zero-order valence-corrected chi connectivity index (χ0v) is 15.3. The lowest BCUT2D eigenvalue weighted by Crippen LogP contribution is -2.36. The molecule has 0 bridgehead atoms. The Hall–Kier alpha value is -3.41. The molecule has 2 heterocycles. The van der Waals surface area contributed by atoms with E-state index in [2.05, 4.69) is 0 Å². The normalized spacial score (nSPS) is 19.2. The molecule has 2 aromatic carbocycles. The number of carbonyl (C=O) groups is 2. The van der Waals surface area contributed by atoms with Crippen molar-refractivity contribution in [3.8, 4) is 0 Å². The molecular weight excluding hydrogens is 358 g/mol. The van der Waals surface area contributed by atoms with Gasteiger partial charge in [-0.05, 0) is 29.8 Å². The number of carbonyl (C=O) groups excluding carboxylic acids is 2. The molecule has 0 radical (unpaired) electrons. The Kier molecular flexibility index (Phi) is 4.69. The average molecular weight is 377 g/mol. The number of fused-ring (bicyclic) bond motifs is 1. The molecule has 0 aliphatic carbocycles. The lowest BCUT2D eigenvalue weighted by molar-refractivity contribution is -0.141. The molecule has 1 aromatic heterocycles. The highest BCUT2D eigenvalue weighted by Crippen LogP contribution is 2.39. The highest BCUT2D eigenvalue weighted by Gasteiger charge is 2.42. The van der Waals surface area contributed by atoms with Crippen LogP contribution >= 0.6 is 0 Å². The van der Waals surface area contributed by atoms with Gasteiger partial charge in [-0.3, -0.25) is 9.59 Å². The van der Waals surface area contributed by atoms with Gasteiger partial charge < -0.3 is 14.1 Å². The van der Waals surface area contributed by atoms with Crippen LogP contribution in [0.4, 0.5) is 5.69 Å². The number of esters is 1. The molecule has 1 fully saturated rings. The molecule has 0 saturated carbocycles. The Morgan fingerprint density at radius 2 is 1.89 bits per heavy atom. The van der Waals surface area contributed by atoms with E-state index in [1.165, 1.54) is 13.2 Å². The molecule has 28 heavy (non-hydrogen) atoms. The summed E-state index contributed by atoms with van der Waals surface area (Å²) in [7, 11) is 1.35. The highest BCUT2D eigenvalue weighted by atomic mass is 16.5. The van der Waals surface area contributed by atoms with Crippen LogP contribution in [0.2, 0.25) is 0 Å². The summed E-state index contributed by atoms with van der Waals surface area (Å²) >= 11 is 0. The van der Waals surface area contributed by atoms with Crippen molar-refractivity contribution in [2.75, 3.05) is 12.0 Å². The van der Waals surface area contributed by atoms with Gasteiger partial charge in [0.2, 0.25) is 5.91 Å². The zero-order valence-electron chi connectivity index (χ0n) is 15.3. The molecule has 1 amide bonds. The number of amides is 1. The minimum Gasteiger partial charge on any atom is -0.469 e. The molecule has 2 atom stereocenters. The summed E-state index contributed by atoms with van der Waals surface area (Å²) in [5.41, 5.74) is 1.70. The summed E-state index contributed by atoms with van der Waals surface area (Å²) in [4.78, 5) is 38.1. The third-order valence-corrected chi connectivity index (χ3v) is 5.17. The van der Waals surface area contributed by atoms with Crippen molar-refractivity contribution in [1.82, 2.24) is 0 Å². The van der Waals surface area contributed by atoms with Gasteiger partial charge in [0.15, 0.2) is 0 Å². The number of hydrogen-bond donors (Lipinski definition) is 0. The Bertz CT molecular complexity index is 1090. The number of rotatable bonds is 4. The quantitative estimate of drug-likeness (QED) is 0.515. The summed E-state index contributed by atoms with van der Waals surface area (Å²) in [5, 5.41) is 0.713. The number of hydrogen-bond acceptors (Lipinski definition) is 5. The molecule has 0 unspecified atom stereocenters. The minimum absolute atomic E-state index is 0.0560. The van der Waals surface area contributed by atoms with E-state index in [1.807, 2.05) is 30.3 Å². The molecule has 1 saturated heterocycles. The largest absolute Gasteiger partial charge is 0.469 e. The Balaban J connectivity index is 1.77. The van der Waals surface area contributed by atoms with E-state index in [0.29, 0.717) is 23.1 Å². The first-order chi connectivity index (χ1) is 13.6. The van der Waals surface area contributed by atoms with Crippen molar-refractivity contribution >= 4 is 28.5 Å². The van der Waals surface area contributed by atoms with Gasteiger partial charge in [-0.25, -0.2) is 4.79 Å². The summed E-state index contributed by atoms with van der Waals surface area (Å²) in [6, 6.07) is 17.6. The fourth-order valence-corrected chi connectivity index (χ4v) is 3.86. The standard InChI is InChI=1S/C22H19NO5/c1-27-22(26)13-18-17(14-5-3-2-4-6-14)12-20(24)23(18)16-8-9-19-15(11-16)7-10-21(25)28-19/h2-11,17-18H,12-13H2,1H3/t17-,18-/m0/s1. The van der Waals surface area contributed by atoms with E-state index in [1.54, 1.807) is 29.2 Å². The number of benzene rings is 2. The molecule has 1 aliphatic rings. The van der Waals surface area contributed by atoms with Crippen LogP contribution in [-0.4, -0.2) is 25.0 Å². The maximum atomic E-state index is 12.9. The summed E-state index contributed by atoms with van der Waals surface area (Å²) in [6.07, 6.45) is 0.414. The van der Waals surface area contributed by atoms with Crippen LogP contribution in [0.25, 0.3) is 11.0 Å². The molecule has 142 valence electrons. The Morgan fingerprint density at radius 3 is 2.64 bits per heavy atom. The van der Waals surface area contributed by atoms with Crippen LogP contribution in [0, 0.1) is 0 Å². The molecular formula is C22H19NO5. The fourth-order valence-electron chi connectivity index (χ4n) is 3.86. The predicted molar refractivity (Wildman–Crippen MR) is 104 cm³/mol. The smallest absolute Gasteiger partial charge is 0.336 e. The Labute approximate surface area is 161 Å². The summed E-state index contributed by atoms with van der Waals surface area (Å²) in [5.74, 6) is -0.533. The van der Waals surface area contributed by atoms with Crippen molar-refractivity contribution in [3.63, 3.8) is 0 Å². The van der Waals surface area contributed by atoms with E-state index in [4.69, 9.17) is 9.15 Å². The molecule has 6 nitrogen and oxygen atoms in total. The first-order valence-corrected chi connectivity index (χ1v) is 9.04. The van der Waals surface area contributed by atoms with Gasteiger partial charge in [-0.15, -0.1) is 0 Å². The fraction of sp³-hybridized carbons (Fsp3) is 0.227. The molecule has 0 spiro atoms. The molecule has 4 rings (SSSR count). The van der Waals surface area contributed by atoms with Gasteiger partial charge in [0, 0.05) is 29.5 Å². The summed E-state index contributed by atoms with van der Waals surface area (Å²) in [6.45, 7) is 0. The monoisotopic (exact) mass is 377 g/mol. The number of methoxy groups -OCH3 is 1. The van der Waals surface area contributed by atoms with E-state index in [0.717, 1.165) is 5.56 Å².